The van der Waals surface area contributed by atoms with Crippen LogP contribution in [0.5, 0.6) is 5.75 Å². The zero-order chi connectivity index (χ0) is 20.0. The van der Waals surface area contributed by atoms with Gasteiger partial charge in [-0.2, -0.15) is 0 Å². The number of carbonyl (C=O) groups is 1. The van der Waals surface area contributed by atoms with Crippen LogP contribution in [0.25, 0.3) is 11.9 Å². The molecule has 1 aliphatic carbocycles. The molecule has 1 amide bonds. The Balaban J connectivity index is 1.70. The molecule has 1 aliphatic rings. The maximum atomic E-state index is 12.7. The van der Waals surface area contributed by atoms with E-state index in [1.54, 1.807) is 29.8 Å². The second-order valence-corrected chi connectivity index (χ2v) is 7.33. The summed E-state index contributed by atoms with van der Waals surface area (Å²) in [6.07, 6.45) is 5.40. The molecule has 3 aromatic rings. The van der Waals surface area contributed by atoms with Gasteiger partial charge in [-0.15, -0.1) is 0 Å². The summed E-state index contributed by atoms with van der Waals surface area (Å²) < 4.78 is 3.10. The van der Waals surface area contributed by atoms with Crippen molar-refractivity contribution in [3.8, 4) is 5.75 Å². The van der Waals surface area contributed by atoms with Gasteiger partial charge in [0.1, 0.15) is 0 Å². The van der Waals surface area contributed by atoms with Crippen LogP contribution in [-0.2, 0) is 20.0 Å². The number of nitrogens with one attached hydrogen (secondary N) is 1. The second-order valence-electron chi connectivity index (χ2n) is 6.51. The van der Waals surface area contributed by atoms with E-state index in [9.17, 15) is 14.7 Å². The van der Waals surface area contributed by atoms with E-state index in [4.69, 9.17) is 23.2 Å². The summed E-state index contributed by atoms with van der Waals surface area (Å²) in [6, 6.07) is 4.98. The van der Waals surface area contributed by atoms with E-state index < -0.39 is 17.2 Å². The number of fused-ring (bicyclic) bond motifs is 3. The van der Waals surface area contributed by atoms with Gasteiger partial charge in [0.05, 0.1) is 15.7 Å². The molecule has 2 N–H and O–H groups in total. The molecule has 0 bridgehead atoms. The number of aromatic nitrogens is 3. The van der Waals surface area contributed by atoms with Crippen molar-refractivity contribution in [3.05, 3.63) is 67.3 Å². The van der Waals surface area contributed by atoms with Crippen LogP contribution in [0.3, 0.4) is 0 Å². The molecular weight excluding hydrogens is 403 g/mol. The summed E-state index contributed by atoms with van der Waals surface area (Å²) >= 11 is 11.9. The fraction of sp³-hybridized carbons (Fsp3) is 0.211. The van der Waals surface area contributed by atoms with E-state index in [-0.39, 0.29) is 12.2 Å². The van der Waals surface area contributed by atoms with E-state index in [0.29, 0.717) is 21.5 Å². The minimum atomic E-state index is -0.684. The van der Waals surface area contributed by atoms with Gasteiger partial charge in [0.15, 0.2) is 5.69 Å². The number of aromatic hydroxyl groups is 1. The molecule has 28 heavy (non-hydrogen) atoms. The summed E-state index contributed by atoms with van der Waals surface area (Å²) in [5, 5.41) is 13.8. The van der Waals surface area contributed by atoms with Crippen molar-refractivity contribution in [2.45, 2.75) is 19.4 Å². The average Bonchev–Trinajstić information content (AvgIpc) is 2.98. The number of amides is 1. The average molecular weight is 419 g/mol. The van der Waals surface area contributed by atoms with E-state index in [2.05, 4.69) is 10.3 Å². The predicted octanol–water partition coefficient (Wildman–Crippen LogP) is 2.93. The first-order chi connectivity index (χ1) is 13.4. The van der Waals surface area contributed by atoms with Crippen molar-refractivity contribution in [1.29, 1.82) is 0 Å². The van der Waals surface area contributed by atoms with Crippen molar-refractivity contribution < 1.29 is 9.90 Å². The highest BCUT2D eigenvalue weighted by Crippen LogP contribution is 2.24. The van der Waals surface area contributed by atoms with E-state index in [1.807, 2.05) is 12.2 Å². The third kappa shape index (κ3) is 2.96. The summed E-state index contributed by atoms with van der Waals surface area (Å²) in [6.45, 7) is 0.141. The molecule has 2 heterocycles. The number of hydrogen-bond acceptors (Lipinski definition) is 4. The van der Waals surface area contributed by atoms with Gasteiger partial charge in [0.25, 0.3) is 5.91 Å². The normalized spacial score (nSPS) is 13.0. The Kier molecular flexibility index (Phi) is 4.64. The smallest absolute Gasteiger partial charge is 0.302 e. The highest BCUT2D eigenvalue weighted by atomic mass is 35.5. The zero-order valence-corrected chi connectivity index (χ0v) is 16.4. The maximum Gasteiger partial charge on any atom is 0.302 e. The van der Waals surface area contributed by atoms with Crippen LogP contribution in [-0.4, -0.2) is 25.0 Å². The van der Waals surface area contributed by atoms with Crippen molar-refractivity contribution in [3.63, 3.8) is 0 Å². The lowest BCUT2D eigenvalue weighted by Gasteiger charge is -2.08. The van der Waals surface area contributed by atoms with E-state index >= 15 is 0 Å². The number of aryl methyl sites for hydroxylation is 1. The molecule has 0 unspecified atom stereocenters. The lowest BCUT2D eigenvalue weighted by Crippen LogP contribution is -2.27. The first-order valence-corrected chi connectivity index (χ1v) is 9.36. The molecule has 0 spiro atoms. The van der Waals surface area contributed by atoms with Crippen molar-refractivity contribution in [2.75, 3.05) is 0 Å². The highest BCUT2D eigenvalue weighted by molar-refractivity contribution is 6.42. The van der Waals surface area contributed by atoms with Gasteiger partial charge in [-0.1, -0.05) is 35.3 Å². The summed E-state index contributed by atoms with van der Waals surface area (Å²) in [7, 11) is 1.79. The second kappa shape index (κ2) is 7.00. The Morgan fingerprint density at radius 1 is 1.32 bits per heavy atom. The number of nitrogens with zero attached hydrogens (tertiary/aromatic N) is 3. The van der Waals surface area contributed by atoms with Crippen LogP contribution >= 0.6 is 23.2 Å². The van der Waals surface area contributed by atoms with Crippen LogP contribution in [0.15, 0.2) is 29.1 Å². The standard InChI is InChI=1S/C19H16Cl2N4O3/c1-24-13-4-2-3-5-14(13)25-18(28)16(26)15(23-19(24)25)17(27)22-9-10-6-7-11(20)12(21)8-10/h3,5-8,26H,2,4,9H2,1H3,(H,22,27). The topological polar surface area (TPSA) is 88.6 Å². The van der Waals surface area contributed by atoms with Gasteiger partial charge in [0, 0.05) is 19.3 Å². The Hall–Kier alpha value is -2.77. The minimum absolute atomic E-state index is 0.141. The molecular formula is C19H16Cl2N4O3. The van der Waals surface area contributed by atoms with Crippen LogP contribution in [0.4, 0.5) is 0 Å². The molecule has 0 aliphatic heterocycles. The van der Waals surface area contributed by atoms with Crippen LogP contribution in [0.1, 0.15) is 33.9 Å². The molecule has 0 fully saturated rings. The first kappa shape index (κ1) is 18.6. The summed E-state index contributed by atoms with van der Waals surface area (Å²) in [5.41, 5.74) is 1.35. The molecule has 0 saturated heterocycles. The van der Waals surface area contributed by atoms with Crippen molar-refractivity contribution >= 4 is 41.0 Å². The lowest BCUT2D eigenvalue weighted by atomic mass is 10.1. The Morgan fingerprint density at radius 3 is 2.86 bits per heavy atom. The maximum absolute atomic E-state index is 12.7. The van der Waals surface area contributed by atoms with Crippen LogP contribution in [0, 0.1) is 0 Å². The summed E-state index contributed by atoms with van der Waals surface area (Å²) in [5.74, 6) is -1.03. The fourth-order valence-electron chi connectivity index (χ4n) is 3.32. The molecule has 9 heteroatoms. The Labute approximate surface area is 169 Å². The molecule has 1 aromatic carbocycles. The van der Waals surface area contributed by atoms with Gasteiger partial charge in [-0.25, -0.2) is 9.38 Å². The molecule has 4 rings (SSSR count). The van der Waals surface area contributed by atoms with Gasteiger partial charge in [0.2, 0.25) is 11.5 Å². The quantitative estimate of drug-likeness (QED) is 0.684. The number of rotatable bonds is 3. The van der Waals surface area contributed by atoms with Gasteiger partial charge in [-0.3, -0.25) is 9.59 Å². The SMILES string of the molecule is Cn1c2c(n3c(=O)c(O)c(C(=O)NCc4ccc(Cl)c(Cl)c4)nc13)C=CCC2. The Morgan fingerprint density at radius 2 is 2.11 bits per heavy atom. The molecule has 7 nitrogen and oxygen atoms in total. The molecule has 0 radical (unpaired) electrons. The van der Waals surface area contributed by atoms with Gasteiger partial charge in [-0.05, 0) is 36.6 Å². The van der Waals surface area contributed by atoms with E-state index in [0.717, 1.165) is 24.1 Å². The number of halogens is 2. The number of carbonyl (C=O) groups excluding carboxylic acids is 1. The third-order valence-corrected chi connectivity index (χ3v) is 5.50. The monoisotopic (exact) mass is 418 g/mol. The Bertz CT molecular complexity index is 1210. The van der Waals surface area contributed by atoms with Crippen molar-refractivity contribution in [1.82, 2.24) is 19.3 Å². The number of benzene rings is 1. The fourth-order valence-corrected chi connectivity index (χ4v) is 3.64. The van der Waals surface area contributed by atoms with Gasteiger partial charge >= 0.3 is 5.56 Å². The first-order valence-electron chi connectivity index (χ1n) is 8.60. The van der Waals surface area contributed by atoms with E-state index in [1.165, 1.54) is 4.40 Å². The number of hydrogen-bond donors (Lipinski definition) is 2. The molecule has 2 aromatic heterocycles. The predicted molar refractivity (Wildman–Crippen MR) is 107 cm³/mol. The summed E-state index contributed by atoms with van der Waals surface area (Å²) in [4.78, 5) is 29.6. The molecule has 144 valence electrons. The van der Waals surface area contributed by atoms with Crippen LogP contribution in [0.2, 0.25) is 10.0 Å². The lowest BCUT2D eigenvalue weighted by molar-refractivity contribution is 0.0942. The van der Waals surface area contributed by atoms with Crippen LogP contribution < -0.4 is 10.9 Å². The highest BCUT2D eigenvalue weighted by Gasteiger charge is 2.24. The number of imidazole rings is 1. The molecule has 0 atom stereocenters. The number of allylic oxidation sites excluding steroid dienone is 1. The minimum Gasteiger partial charge on any atom is -0.501 e. The van der Waals surface area contributed by atoms with Gasteiger partial charge < -0.3 is 15.0 Å². The zero-order valence-electron chi connectivity index (χ0n) is 14.9. The van der Waals surface area contributed by atoms with Crippen molar-refractivity contribution in [2.24, 2.45) is 7.05 Å². The third-order valence-electron chi connectivity index (χ3n) is 4.76. The largest absolute Gasteiger partial charge is 0.501 e. The molecule has 0 saturated carbocycles.